The zero-order valence-electron chi connectivity index (χ0n) is 11.5. The normalized spacial score (nSPS) is 12.2. The number of aromatic nitrogens is 1. The fraction of sp³-hybridized carbons (Fsp3) is 0.200. The summed E-state index contributed by atoms with van der Waals surface area (Å²) >= 11 is 1.58. The van der Waals surface area contributed by atoms with Crippen LogP contribution in [0.5, 0.6) is 0 Å². The van der Waals surface area contributed by atoms with Crippen LogP contribution in [-0.4, -0.2) is 11.0 Å². The summed E-state index contributed by atoms with van der Waals surface area (Å²) in [5, 5.41) is 6.51. The Kier molecular flexibility index (Phi) is 3.87. The van der Waals surface area contributed by atoms with Crippen LogP contribution in [0.4, 0.5) is 4.79 Å². The fourth-order valence-corrected chi connectivity index (χ4v) is 2.91. The van der Waals surface area contributed by atoms with Crippen molar-refractivity contribution in [2.45, 2.75) is 19.5 Å². The summed E-state index contributed by atoms with van der Waals surface area (Å²) < 4.78 is 6.37. The average Bonchev–Trinajstić information content (AvgIpc) is 3.14. The van der Waals surface area contributed by atoms with Crippen LogP contribution < -0.4 is 10.6 Å². The summed E-state index contributed by atoms with van der Waals surface area (Å²) in [5.41, 5.74) is 0.962. The molecule has 0 aliphatic rings. The van der Waals surface area contributed by atoms with Crippen LogP contribution in [0.2, 0.25) is 0 Å². The molecule has 2 N–H and O–H groups in total. The fourth-order valence-electron chi connectivity index (χ4n) is 2.01. The highest BCUT2D eigenvalue weighted by Crippen LogP contribution is 2.21. The predicted molar refractivity (Wildman–Crippen MR) is 82.1 cm³/mol. The van der Waals surface area contributed by atoms with E-state index in [0.717, 1.165) is 21.0 Å². The minimum absolute atomic E-state index is 0.171. The van der Waals surface area contributed by atoms with Crippen LogP contribution in [0.25, 0.3) is 10.2 Å². The molecule has 21 heavy (non-hydrogen) atoms. The largest absolute Gasteiger partial charge is 0.467 e. The van der Waals surface area contributed by atoms with E-state index in [1.165, 1.54) is 0 Å². The van der Waals surface area contributed by atoms with Crippen LogP contribution in [0, 0.1) is 0 Å². The molecule has 0 spiro atoms. The monoisotopic (exact) mass is 301 g/mol. The topological polar surface area (TPSA) is 67.2 Å². The van der Waals surface area contributed by atoms with Gasteiger partial charge in [0.15, 0.2) is 0 Å². The van der Waals surface area contributed by atoms with Crippen molar-refractivity contribution in [2.24, 2.45) is 0 Å². The van der Waals surface area contributed by atoms with E-state index < -0.39 is 0 Å². The Bertz CT molecular complexity index is 703. The quantitative estimate of drug-likeness (QED) is 0.775. The molecule has 0 fully saturated rings. The molecule has 5 nitrogen and oxygen atoms in total. The second kappa shape index (κ2) is 5.97. The van der Waals surface area contributed by atoms with Crippen molar-refractivity contribution in [1.82, 2.24) is 15.6 Å². The van der Waals surface area contributed by atoms with Gasteiger partial charge >= 0.3 is 6.03 Å². The Labute approximate surface area is 126 Å². The van der Waals surface area contributed by atoms with Crippen molar-refractivity contribution in [3.05, 3.63) is 53.4 Å². The zero-order chi connectivity index (χ0) is 14.7. The number of furan rings is 1. The van der Waals surface area contributed by atoms with E-state index >= 15 is 0 Å². The molecule has 1 atom stereocenters. The number of thiazole rings is 1. The maximum Gasteiger partial charge on any atom is 0.315 e. The number of nitrogens with zero attached hydrogens (tertiary/aromatic N) is 1. The van der Waals surface area contributed by atoms with Gasteiger partial charge in [-0.2, -0.15) is 0 Å². The van der Waals surface area contributed by atoms with E-state index in [4.69, 9.17) is 4.42 Å². The maximum absolute atomic E-state index is 11.9. The van der Waals surface area contributed by atoms with Gasteiger partial charge in [0.25, 0.3) is 0 Å². The number of nitrogens with one attached hydrogen (secondary N) is 2. The molecule has 0 saturated heterocycles. The predicted octanol–water partition coefficient (Wildman–Crippen LogP) is 3.45. The summed E-state index contributed by atoms with van der Waals surface area (Å²) in [4.78, 5) is 16.3. The van der Waals surface area contributed by atoms with E-state index in [-0.39, 0.29) is 12.1 Å². The van der Waals surface area contributed by atoms with Gasteiger partial charge in [0.2, 0.25) is 0 Å². The van der Waals surface area contributed by atoms with E-state index in [0.29, 0.717) is 6.54 Å². The third kappa shape index (κ3) is 3.22. The first-order chi connectivity index (χ1) is 10.2. The Morgan fingerprint density at radius 2 is 2.19 bits per heavy atom. The van der Waals surface area contributed by atoms with Gasteiger partial charge in [0.05, 0.1) is 29.1 Å². The molecule has 1 aromatic carbocycles. The van der Waals surface area contributed by atoms with Crippen LogP contribution in [-0.2, 0) is 6.54 Å². The zero-order valence-corrected chi connectivity index (χ0v) is 12.3. The Hall–Kier alpha value is -2.34. The van der Waals surface area contributed by atoms with Gasteiger partial charge < -0.3 is 15.1 Å². The minimum Gasteiger partial charge on any atom is -0.467 e. The molecule has 0 radical (unpaired) electrons. The molecule has 108 valence electrons. The molecule has 2 amide bonds. The number of para-hydroxylation sites is 1. The summed E-state index contributed by atoms with van der Waals surface area (Å²) in [5.74, 6) is 0.727. The molecule has 0 bridgehead atoms. The van der Waals surface area contributed by atoms with Gasteiger partial charge in [0.1, 0.15) is 10.8 Å². The van der Waals surface area contributed by atoms with E-state index in [9.17, 15) is 4.79 Å². The Balaban J connectivity index is 1.56. The molecule has 6 heteroatoms. The SMILES string of the molecule is CC(NC(=O)NCc1nc2ccccc2s1)c1ccco1. The van der Waals surface area contributed by atoms with Gasteiger partial charge in [-0.05, 0) is 31.2 Å². The van der Waals surface area contributed by atoms with Crippen LogP contribution in [0.3, 0.4) is 0 Å². The second-order valence-electron chi connectivity index (χ2n) is 4.64. The first-order valence-corrected chi connectivity index (χ1v) is 7.46. The molecular weight excluding hydrogens is 286 g/mol. The van der Waals surface area contributed by atoms with Crippen molar-refractivity contribution in [3.63, 3.8) is 0 Å². The highest BCUT2D eigenvalue weighted by molar-refractivity contribution is 7.18. The van der Waals surface area contributed by atoms with Crippen molar-refractivity contribution < 1.29 is 9.21 Å². The Morgan fingerprint density at radius 1 is 1.33 bits per heavy atom. The molecule has 3 aromatic rings. The van der Waals surface area contributed by atoms with Crippen molar-refractivity contribution in [2.75, 3.05) is 0 Å². The first kappa shape index (κ1) is 13.6. The molecule has 2 heterocycles. The van der Waals surface area contributed by atoms with E-state index in [1.54, 1.807) is 23.7 Å². The van der Waals surface area contributed by atoms with Crippen molar-refractivity contribution >= 4 is 27.6 Å². The summed E-state index contributed by atoms with van der Waals surface area (Å²) in [6.45, 7) is 2.28. The number of rotatable bonds is 4. The lowest BCUT2D eigenvalue weighted by molar-refractivity contribution is 0.235. The van der Waals surface area contributed by atoms with Crippen molar-refractivity contribution in [3.8, 4) is 0 Å². The molecule has 0 aliphatic carbocycles. The number of benzene rings is 1. The summed E-state index contributed by atoms with van der Waals surface area (Å²) in [6, 6.07) is 11.1. The highest BCUT2D eigenvalue weighted by Gasteiger charge is 2.12. The van der Waals surface area contributed by atoms with Gasteiger partial charge in [-0.25, -0.2) is 9.78 Å². The number of hydrogen-bond acceptors (Lipinski definition) is 4. The molecule has 0 saturated carbocycles. The highest BCUT2D eigenvalue weighted by atomic mass is 32.1. The second-order valence-corrected chi connectivity index (χ2v) is 5.75. The lowest BCUT2D eigenvalue weighted by Gasteiger charge is -2.11. The summed E-state index contributed by atoms with van der Waals surface area (Å²) in [6.07, 6.45) is 1.59. The van der Waals surface area contributed by atoms with Gasteiger partial charge in [0, 0.05) is 0 Å². The average molecular weight is 301 g/mol. The minimum atomic E-state index is -0.238. The first-order valence-electron chi connectivity index (χ1n) is 6.64. The number of carbonyl (C=O) groups is 1. The maximum atomic E-state index is 11.9. The Morgan fingerprint density at radius 3 is 2.95 bits per heavy atom. The third-order valence-electron chi connectivity index (χ3n) is 3.06. The molecule has 2 aromatic heterocycles. The molecule has 3 rings (SSSR count). The van der Waals surface area contributed by atoms with Gasteiger partial charge in [-0.1, -0.05) is 12.1 Å². The third-order valence-corrected chi connectivity index (χ3v) is 4.09. The standard InChI is InChI=1S/C15H15N3O2S/c1-10(12-6-4-8-20-12)17-15(19)16-9-14-18-11-5-2-3-7-13(11)21-14/h2-8,10H,9H2,1H3,(H2,16,17,19). The van der Waals surface area contributed by atoms with Crippen LogP contribution in [0.15, 0.2) is 47.1 Å². The van der Waals surface area contributed by atoms with E-state index in [2.05, 4.69) is 15.6 Å². The molecular formula is C15H15N3O2S. The van der Waals surface area contributed by atoms with Crippen molar-refractivity contribution in [1.29, 1.82) is 0 Å². The number of carbonyl (C=O) groups excluding carboxylic acids is 1. The smallest absolute Gasteiger partial charge is 0.315 e. The number of urea groups is 1. The molecule has 1 unspecified atom stereocenters. The lowest BCUT2D eigenvalue weighted by atomic mass is 10.2. The van der Waals surface area contributed by atoms with Gasteiger partial charge in [-0.15, -0.1) is 11.3 Å². The number of amides is 2. The number of hydrogen-bond donors (Lipinski definition) is 2. The van der Waals surface area contributed by atoms with Crippen LogP contribution >= 0.6 is 11.3 Å². The van der Waals surface area contributed by atoms with Crippen LogP contribution in [0.1, 0.15) is 23.7 Å². The summed E-state index contributed by atoms with van der Waals surface area (Å²) in [7, 11) is 0. The van der Waals surface area contributed by atoms with E-state index in [1.807, 2.05) is 37.3 Å². The number of fused-ring (bicyclic) bond motifs is 1. The lowest BCUT2D eigenvalue weighted by Crippen LogP contribution is -2.36. The van der Waals surface area contributed by atoms with Gasteiger partial charge in [-0.3, -0.25) is 0 Å². The molecule has 0 aliphatic heterocycles.